The van der Waals surface area contributed by atoms with Crippen LogP contribution in [0.1, 0.15) is 31.1 Å². The molecule has 10 heteroatoms. The van der Waals surface area contributed by atoms with Crippen molar-refractivity contribution < 1.29 is 24.2 Å². The Morgan fingerprint density at radius 2 is 2.00 bits per heavy atom. The molecule has 0 aliphatic heterocycles. The van der Waals surface area contributed by atoms with E-state index in [0.717, 1.165) is 16.9 Å². The normalized spacial score (nSPS) is 11.8. The summed E-state index contributed by atoms with van der Waals surface area (Å²) < 4.78 is 5.81. The maximum Gasteiger partial charge on any atom is 0.332 e. The van der Waals surface area contributed by atoms with Crippen molar-refractivity contribution in [2.45, 2.75) is 26.8 Å². The van der Waals surface area contributed by atoms with Crippen LogP contribution in [0.15, 0.2) is 23.7 Å². The van der Waals surface area contributed by atoms with E-state index in [0.29, 0.717) is 18.0 Å². The first-order chi connectivity index (χ1) is 13.2. The topological polar surface area (TPSA) is 118 Å². The van der Waals surface area contributed by atoms with Gasteiger partial charge in [-0.15, -0.1) is 11.3 Å². The Kier molecular flexibility index (Phi) is 7.36. The van der Waals surface area contributed by atoms with E-state index in [9.17, 15) is 19.5 Å². The molecule has 0 radical (unpaired) electrons. The number of aliphatic carboxylic acids is 1. The number of amides is 2. The average Bonchev–Trinajstić information content (AvgIpc) is 3.04. The Bertz CT molecular complexity index is 884. The van der Waals surface area contributed by atoms with Crippen LogP contribution in [0.25, 0.3) is 0 Å². The number of carbonyl (C=O) groups excluding carboxylic acids is 2. The van der Waals surface area contributed by atoms with Gasteiger partial charge in [-0.3, -0.25) is 9.59 Å². The summed E-state index contributed by atoms with van der Waals surface area (Å²) in [6, 6.07) is 3.57. The molecule has 1 aromatic heterocycles. The van der Waals surface area contributed by atoms with Crippen LogP contribution >= 0.6 is 22.9 Å². The van der Waals surface area contributed by atoms with Crippen molar-refractivity contribution in [3.63, 3.8) is 0 Å². The van der Waals surface area contributed by atoms with E-state index < -0.39 is 23.8 Å². The molecule has 0 fully saturated rings. The lowest BCUT2D eigenvalue weighted by Gasteiger charge is -2.16. The molecule has 1 atom stereocenters. The van der Waals surface area contributed by atoms with E-state index >= 15 is 0 Å². The van der Waals surface area contributed by atoms with Crippen LogP contribution in [0.5, 0.6) is 5.75 Å². The van der Waals surface area contributed by atoms with Crippen LogP contribution in [0.2, 0.25) is 4.34 Å². The second-order valence-electron chi connectivity index (χ2n) is 6.41. The summed E-state index contributed by atoms with van der Waals surface area (Å²) in [5.41, 5.74) is 2.55. The van der Waals surface area contributed by atoms with Gasteiger partial charge in [-0.1, -0.05) is 31.5 Å². The zero-order valence-corrected chi connectivity index (χ0v) is 17.1. The van der Waals surface area contributed by atoms with Crippen LogP contribution in [0.3, 0.4) is 0 Å². The van der Waals surface area contributed by atoms with Gasteiger partial charge in [0.2, 0.25) is 0 Å². The molecule has 0 saturated carbocycles. The number of carboxylic acids is 1. The van der Waals surface area contributed by atoms with E-state index in [-0.39, 0.29) is 15.9 Å². The lowest BCUT2D eigenvalue weighted by atomic mass is 10.2. The van der Waals surface area contributed by atoms with Crippen molar-refractivity contribution in [2.24, 2.45) is 5.92 Å². The largest absolute Gasteiger partial charge is 0.491 e. The predicted octanol–water partition coefficient (Wildman–Crippen LogP) is 3.02. The molecule has 3 N–H and O–H groups in total. The Labute approximate surface area is 170 Å². The van der Waals surface area contributed by atoms with E-state index in [2.05, 4.69) is 15.6 Å². The lowest BCUT2D eigenvalue weighted by molar-refractivity contribution is -0.143. The van der Waals surface area contributed by atoms with Crippen LogP contribution < -0.4 is 15.4 Å². The zero-order valence-electron chi connectivity index (χ0n) is 15.5. The minimum Gasteiger partial charge on any atom is -0.491 e. The molecular weight excluding hydrogens is 406 g/mol. The molecular formula is C18H20ClN3O5S. The van der Waals surface area contributed by atoms with Gasteiger partial charge in [0.15, 0.2) is 6.04 Å². The molecule has 28 heavy (non-hydrogen) atoms. The van der Waals surface area contributed by atoms with Crippen LogP contribution in [-0.2, 0) is 14.4 Å². The Hall–Kier alpha value is -2.65. The molecule has 1 unspecified atom stereocenters. The molecule has 1 heterocycles. The first-order valence-electron chi connectivity index (χ1n) is 8.36. The summed E-state index contributed by atoms with van der Waals surface area (Å²) in [5, 5.41) is 13.9. The SMILES string of the molecule is Cc1ccc(NC(=O)C(=O)NC(C(=O)O)c2ncsc2Cl)c(OCC(C)C)c1. The summed E-state index contributed by atoms with van der Waals surface area (Å²) in [6.07, 6.45) is 0. The number of carboxylic acid groups (broad SMARTS) is 1. The Morgan fingerprint density at radius 3 is 2.57 bits per heavy atom. The quantitative estimate of drug-likeness (QED) is 0.587. The number of carbonyl (C=O) groups is 3. The Morgan fingerprint density at radius 1 is 1.29 bits per heavy atom. The van der Waals surface area contributed by atoms with Crippen molar-refractivity contribution in [1.29, 1.82) is 0 Å². The second kappa shape index (κ2) is 9.52. The predicted molar refractivity (Wildman–Crippen MR) is 106 cm³/mol. The van der Waals surface area contributed by atoms with E-state index in [1.165, 1.54) is 5.51 Å². The van der Waals surface area contributed by atoms with Gasteiger partial charge in [0.25, 0.3) is 0 Å². The van der Waals surface area contributed by atoms with Crippen molar-refractivity contribution in [3.05, 3.63) is 39.3 Å². The molecule has 150 valence electrons. The first-order valence-corrected chi connectivity index (χ1v) is 9.61. The van der Waals surface area contributed by atoms with Gasteiger partial charge in [0.1, 0.15) is 15.8 Å². The number of hydrogen-bond donors (Lipinski definition) is 3. The minimum absolute atomic E-state index is 0.0309. The standard InChI is InChI=1S/C18H20ClN3O5S/c1-9(2)7-27-12-6-10(3)4-5-11(12)21-16(23)17(24)22-14(18(25)26)13-15(19)28-8-20-13/h4-6,8-9,14H,7H2,1-3H3,(H,21,23)(H,22,24)(H,25,26). The van der Waals surface area contributed by atoms with Gasteiger partial charge in [0.05, 0.1) is 17.8 Å². The van der Waals surface area contributed by atoms with Crippen molar-refractivity contribution in [3.8, 4) is 5.75 Å². The number of hydrogen-bond acceptors (Lipinski definition) is 6. The van der Waals surface area contributed by atoms with Crippen LogP contribution in [0.4, 0.5) is 5.69 Å². The molecule has 2 rings (SSSR count). The molecule has 0 saturated heterocycles. The molecule has 0 spiro atoms. The zero-order chi connectivity index (χ0) is 20.8. The average molecular weight is 426 g/mol. The number of aryl methyl sites for hydroxylation is 1. The third-order valence-electron chi connectivity index (χ3n) is 3.51. The number of halogens is 1. The third kappa shape index (κ3) is 5.67. The molecule has 2 aromatic rings. The fraction of sp³-hybridized carbons (Fsp3) is 0.333. The van der Waals surface area contributed by atoms with E-state index in [4.69, 9.17) is 16.3 Å². The van der Waals surface area contributed by atoms with Crippen molar-refractivity contribution >= 4 is 46.4 Å². The summed E-state index contributed by atoms with van der Waals surface area (Å²) in [5.74, 6) is -2.85. The highest BCUT2D eigenvalue weighted by Gasteiger charge is 2.29. The molecule has 0 bridgehead atoms. The van der Waals surface area contributed by atoms with Crippen LogP contribution in [-0.4, -0.2) is 34.5 Å². The summed E-state index contributed by atoms with van der Waals surface area (Å²) in [4.78, 5) is 39.8. The van der Waals surface area contributed by atoms with E-state index in [1.807, 2.05) is 20.8 Å². The summed E-state index contributed by atoms with van der Waals surface area (Å²) >= 11 is 6.91. The number of nitrogens with zero attached hydrogens (tertiary/aromatic N) is 1. The van der Waals surface area contributed by atoms with Crippen molar-refractivity contribution in [2.75, 3.05) is 11.9 Å². The highest BCUT2D eigenvalue weighted by atomic mass is 35.5. The summed E-state index contributed by atoms with van der Waals surface area (Å²) in [7, 11) is 0. The fourth-order valence-electron chi connectivity index (χ4n) is 2.16. The maximum atomic E-state index is 12.3. The fourth-order valence-corrected chi connectivity index (χ4v) is 2.99. The van der Waals surface area contributed by atoms with Gasteiger partial charge >= 0.3 is 17.8 Å². The highest BCUT2D eigenvalue weighted by molar-refractivity contribution is 7.14. The molecule has 8 nitrogen and oxygen atoms in total. The summed E-state index contributed by atoms with van der Waals surface area (Å²) in [6.45, 7) is 6.27. The number of anilines is 1. The second-order valence-corrected chi connectivity index (χ2v) is 7.87. The number of nitrogens with one attached hydrogen (secondary N) is 2. The number of rotatable bonds is 7. The number of benzene rings is 1. The maximum absolute atomic E-state index is 12.3. The lowest BCUT2D eigenvalue weighted by Crippen LogP contribution is -2.41. The van der Waals surface area contributed by atoms with Crippen LogP contribution in [0, 0.1) is 12.8 Å². The molecule has 1 aromatic carbocycles. The number of thiazole rings is 1. The Balaban J connectivity index is 2.12. The van der Waals surface area contributed by atoms with E-state index in [1.54, 1.807) is 18.2 Å². The van der Waals surface area contributed by atoms with Crippen molar-refractivity contribution in [1.82, 2.24) is 10.3 Å². The van der Waals surface area contributed by atoms with Gasteiger partial charge in [-0.2, -0.15) is 0 Å². The first kappa shape index (κ1) is 21.6. The van der Waals surface area contributed by atoms with Gasteiger partial charge in [-0.25, -0.2) is 9.78 Å². The van der Waals surface area contributed by atoms with Gasteiger partial charge in [-0.05, 0) is 30.5 Å². The van der Waals surface area contributed by atoms with Gasteiger partial charge < -0.3 is 20.5 Å². The van der Waals surface area contributed by atoms with Gasteiger partial charge in [0, 0.05) is 0 Å². The minimum atomic E-state index is -1.54. The highest BCUT2D eigenvalue weighted by Crippen LogP contribution is 2.27. The monoisotopic (exact) mass is 425 g/mol. The number of ether oxygens (including phenoxy) is 1. The third-order valence-corrected chi connectivity index (χ3v) is 4.60. The molecule has 0 aliphatic rings. The molecule has 2 amide bonds. The molecule has 0 aliphatic carbocycles. The smallest absolute Gasteiger partial charge is 0.332 e. The number of aromatic nitrogens is 1.